The maximum Gasteiger partial charge on any atom is 0.339 e. The van der Waals surface area contributed by atoms with E-state index in [2.05, 4.69) is 22.4 Å². The number of amides is 1. The van der Waals surface area contributed by atoms with Crippen LogP contribution in [0.3, 0.4) is 0 Å². The molecular formula is C25H24N2O3S. The number of ether oxygens (including phenoxy) is 1. The minimum absolute atomic E-state index is 0.0359. The molecule has 2 aliphatic rings. The highest BCUT2D eigenvalue weighted by Crippen LogP contribution is 2.31. The molecule has 31 heavy (non-hydrogen) atoms. The molecule has 2 aliphatic heterocycles. The summed E-state index contributed by atoms with van der Waals surface area (Å²) in [4.78, 5) is 31.3. The van der Waals surface area contributed by atoms with Crippen molar-refractivity contribution in [1.82, 2.24) is 9.80 Å². The van der Waals surface area contributed by atoms with Gasteiger partial charge in [0.25, 0.3) is 5.91 Å². The number of hydrogen-bond acceptors (Lipinski definition) is 5. The predicted octanol–water partition coefficient (Wildman–Crippen LogP) is 4.16. The Morgan fingerprint density at radius 1 is 1.00 bits per heavy atom. The highest BCUT2D eigenvalue weighted by molar-refractivity contribution is 7.09. The Kier molecular flexibility index (Phi) is 5.57. The molecular weight excluding hydrogens is 408 g/mol. The lowest BCUT2D eigenvalue weighted by Gasteiger charge is -2.34. The van der Waals surface area contributed by atoms with Gasteiger partial charge in [-0.3, -0.25) is 9.69 Å². The Balaban J connectivity index is 1.27. The van der Waals surface area contributed by atoms with Crippen molar-refractivity contribution in [3.8, 4) is 0 Å². The average molecular weight is 433 g/mol. The molecule has 0 spiro atoms. The van der Waals surface area contributed by atoms with Gasteiger partial charge >= 0.3 is 5.97 Å². The molecule has 3 aromatic rings. The van der Waals surface area contributed by atoms with Crippen LogP contribution in [0, 0.1) is 0 Å². The number of esters is 1. The van der Waals surface area contributed by atoms with E-state index in [1.54, 1.807) is 23.5 Å². The van der Waals surface area contributed by atoms with Crippen LogP contribution in [-0.4, -0.2) is 47.9 Å². The van der Waals surface area contributed by atoms with Crippen LogP contribution < -0.4 is 0 Å². The molecule has 6 heteroatoms. The van der Waals surface area contributed by atoms with Crippen LogP contribution in [0.25, 0.3) is 0 Å². The molecule has 0 bridgehead atoms. The van der Waals surface area contributed by atoms with Gasteiger partial charge in [-0.15, -0.1) is 11.3 Å². The number of hydrogen-bond donors (Lipinski definition) is 0. The van der Waals surface area contributed by atoms with Gasteiger partial charge in [0.15, 0.2) is 0 Å². The Hall–Kier alpha value is -2.96. The summed E-state index contributed by atoms with van der Waals surface area (Å²) in [6, 6.07) is 19.4. The molecule has 1 amide bonds. The van der Waals surface area contributed by atoms with E-state index in [4.69, 9.17) is 4.74 Å². The minimum atomic E-state index is -0.323. The Bertz CT molecular complexity index is 1070. The monoisotopic (exact) mass is 432 g/mol. The van der Waals surface area contributed by atoms with Gasteiger partial charge in [-0.1, -0.05) is 36.4 Å². The predicted molar refractivity (Wildman–Crippen MR) is 120 cm³/mol. The number of carbonyl (C=O) groups excluding carboxylic acids is 2. The lowest BCUT2D eigenvalue weighted by Crippen LogP contribution is -2.48. The van der Waals surface area contributed by atoms with E-state index in [1.807, 2.05) is 41.3 Å². The molecule has 2 aromatic carbocycles. The van der Waals surface area contributed by atoms with Crippen molar-refractivity contribution in [2.24, 2.45) is 0 Å². The van der Waals surface area contributed by atoms with Crippen molar-refractivity contribution in [2.45, 2.75) is 19.1 Å². The van der Waals surface area contributed by atoms with Gasteiger partial charge in [0.1, 0.15) is 6.10 Å². The Morgan fingerprint density at radius 3 is 2.55 bits per heavy atom. The smallest absolute Gasteiger partial charge is 0.339 e. The van der Waals surface area contributed by atoms with Crippen molar-refractivity contribution in [3.63, 3.8) is 0 Å². The van der Waals surface area contributed by atoms with E-state index >= 15 is 0 Å². The molecule has 0 aliphatic carbocycles. The molecule has 0 radical (unpaired) electrons. The standard InChI is InChI=1S/C25H24N2O3S/c28-24(27-12-10-26(11-13-27)17-21-7-4-14-31-21)19-8-9-22-20(15-19)16-23(30-25(22)29)18-5-2-1-3-6-18/h1-9,14-15,23H,10-13,16-17H2/t23-/m1/s1. The Labute approximate surface area is 185 Å². The first kappa shape index (κ1) is 20.0. The normalized spacial score (nSPS) is 19.0. The molecule has 1 saturated heterocycles. The van der Waals surface area contributed by atoms with Crippen LogP contribution in [0.15, 0.2) is 66.0 Å². The number of cyclic esters (lactones) is 1. The van der Waals surface area contributed by atoms with E-state index in [1.165, 1.54) is 4.88 Å². The van der Waals surface area contributed by atoms with Gasteiger partial charge in [-0.2, -0.15) is 0 Å². The highest BCUT2D eigenvalue weighted by Gasteiger charge is 2.29. The van der Waals surface area contributed by atoms with Crippen molar-refractivity contribution in [2.75, 3.05) is 26.2 Å². The van der Waals surface area contributed by atoms with Gasteiger partial charge < -0.3 is 9.64 Å². The van der Waals surface area contributed by atoms with Crippen molar-refractivity contribution < 1.29 is 14.3 Å². The van der Waals surface area contributed by atoms with Crippen LogP contribution in [0.4, 0.5) is 0 Å². The zero-order valence-corrected chi connectivity index (χ0v) is 18.0. The largest absolute Gasteiger partial charge is 0.454 e. The second kappa shape index (κ2) is 8.65. The molecule has 3 heterocycles. The van der Waals surface area contributed by atoms with Crippen LogP contribution >= 0.6 is 11.3 Å². The fraction of sp³-hybridized carbons (Fsp3) is 0.280. The molecule has 1 atom stereocenters. The molecule has 5 nitrogen and oxygen atoms in total. The number of fused-ring (bicyclic) bond motifs is 1. The summed E-state index contributed by atoms with van der Waals surface area (Å²) in [6.07, 6.45) is 0.271. The number of thiophene rings is 1. The third kappa shape index (κ3) is 4.27. The van der Waals surface area contributed by atoms with Gasteiger partial charge in [0, 0.05) is 49.6 Å². The summed E-state index contributed by atoms with van der Waals surface area (Å²) < 4.78 is 5.63. The maximum atomic E-state index is 13.1. The number of piperazine rings is 1. The van der Waals surface area contributed by atoms with E-state index in [0.717, 1.165) is 43.9 Å². The van der Waals surface area contributed by atoms with Crippen LogP contribution in [-0.2, 0) is 17.7 Å². The minimum Gasteiger partial charge on any atom is -0.454 e. The molecule has 158 valence electrons. The zero-order chi connectivity index (χ0) is 21.2. The second-order valence-corrected chi connectivity index (χ2v) is 9.06. The lowest BCUT2D eigenvalue weighted by molar-refractivity contribution is 0.0252. The van der Waals surface area contributed by atoms with Gasteiger partial charge in [-0.05, 0) is 40.8 Å². The summed E-state index contributed by atoms with van der Waals surface area (Å²) >= 11 is 1.77. The summed E-state index contributed by atoms with van der Waals surface area (Å²) in [6.45, 7) is 4.13. The zero-order valence-electron chi connectivity index (χ0n) is 17.2. The van der Waals surface area contributed by atoms with Crippen LogP contribution in [0.5, 0.6) is 0 Å². The number of benzene rings is 2. The average Bonchev–Trinajstić information content (AvgIpc) is 3.32. The summed E-state index contributed by atoms with van der Waals surface area (Å²) in [5.41, 5.74) is 3.06. The van der Waals surface area contributed by atoms with Gasteiger partial charge in [0.05, 0.1) is 5.56 Å². The van der Waals surface area contributed by atoms with Crippen molar-refractivity contribution in [1.29, 1.82) is 0 Å². The van der Waals surface area contributed by atoms with E-state index in [-0.39, 0.29) is 18.0 Å². The topological polar surface area (TPSA) is 49.9 Å². The number of rotatable bonds is 4. The van der Waals surface area contributed by atoms with Crippen molar-refractivity contribution >= 4 is 23.2 Å². The molecule has 1 fully saturated rings. The molecule has 0 unspecified atom stereocenters. The van der Waals surface area contributed by atoms with Crippen LogP contribution in [0.2, 0.25) is 0 Å². The molecule has 0 saturated carbocycles. The van der Waals surface area contributed by atoms with Crippen molar-refractivity contribution in [3.05, 3.63) is 93.2 Å². The Morgan fingerprint density at radius 2 is 1.81 bits per heavy atom. The number of carbonyl (C=O) groups is 2. The van der Waals surface area contributed by atoms with Crippen LogP contribution in [0.1, 0.15) is 42.8 Å². The molecule has 5 rings (SSSR count). The second-order valence-electron chi connectivity index (χ2n) is 8.03. The lowest BCUT2D eigenvalue weighted by atomic mass is 9.93. The summed E-state index contributed by atoms with van der Waals surface area (Å²) in [5.74, 6) is -0.287. The van der Waals surface area contributed by atoms with E-state index in [0.29, 0.717) is 17.5 Å². The SMILES string of the molecule is O=C1O[C@@H](c2ccccc2)Cc2cc(C(=O)N3CCN(Cc4cccs4)CC3)ccc21. The molecule has 0 N–H and O–H groups in total. The van der Waals surface area contributed by atoms with Gasteiger partial charge in [-0.25, -0.2) is 4.79 Å². The first-order chi connectivity index (χ1) is 15.2. The van der Waals surface area contributed by atoms with E-state index < -0.39 is 0 Å². The summed E-state index contributed by atoms with van der Waals surface area (Å²) in [5, 5.41) is 2.10. The third-order valence-corrected chi connectivity index (χ3v) is 6.88. The summed E-state index contributed by atoms with van der Waals surface area (Å²) in [7, 11) is 0. The fourth-order valence-electron chi connectivity index (χ4n) is 4.30. The highest BCUT2D eigenvalue weighted by atomic mass is 32.1. The van der Waals surface area contributed by atoms with Gasteiger partial charge in [0.2, 0.25) is 0 Å². The quantitative estimate of drug-likeness (QED) is 0.581. The molecule has 1 aromatic heterocycles. The first-order valence-corrected chi connectivity index (χ1v) is 11.5. The van der Waals surface area contributed by atoms with E-state index in [9.17, 15) is 9.59 Å². The first-order valence-electron chi connectivity index (χ1n) is 10.6. The number of nitrogens with zero attached hydrogens (tertiary/aromatic N) is 2. The fourth-order valence-corrected chi connectivity index (χ4v) is 5.04. The third-order valence-electron chi connectivity index (χ3n) is 6.02. The maximum absolute atomic E-state index is 13.1.